The van der Waals surface area contributed by atoms with E-state index in [1.54, 1.807) is 48.5 Å². The third kappa shape index (κ3) is 4.41. The number of hydrogen-bond acceptors (Lipinski definition) is 3. The summed E-state index contributed by atoms with van der Waals surface area (Å²) in [7, 11) is -3.70. The Morgan fingerprint density at radius 2 is 1.35 bits per heavy atom. The van der Waals surface area contributed by atoms with E-state index in [1.807, 2.05) is 6.07 Å². The molecule has 1 amide bonds. The molecule has 0 spiro atoms. The van der Waals surface area contributed by atoms with Crippen molar-refractivity contribution < 1.29 is 13.2 Å². The summed E-state index contributed by atoms with van der Waals surface area (Å²) in [6, 6.07) is 21.1. The van der Waals surface area contributed by atoms with Crippen LogP contribution in [0.3, 0.4) is 0 Å². The van der Waals surface area contributed by atoms with Gasteiger partial charge in [-0.25, -0.2) is 8.42 Å². The number of hydrogen-bond donors (Lipinski definition) is 2. The van der Waals surface area contributed by atoms with Gasteiger partial charge in [-0.05, 0) is 60.7 Å². The van der Waals surface area contributed by atoms with Crippen molar-refractivity contribution in [1.82, 2.24) is 0 Å². The molecule has 7 heteroatoms. The molecule has 0 saturated heterocycles. The second-order valence-corrected chi connectivity index (χ2v) is 7.58. The van der Waals surface area contributed by atoms with Gasteiger partial charge < -0.3 is 5.32 Å². The van der Waals surface area contributed by atoms with E-state index in [0.29, 0.717) is 22.0 Å². The summed E-state index contributed by atoms with van der Waals surface area (Å²) in [4.78, 5) is 12.2. The van der Waals surface area contributed by atoms with Crippen molar-refractivity contribution in [2.24, 2.45) is 0 Å². The number of anilines is 2. The fraction of sp³-hybridized carbons (Fsp3) is 0. The third-order valence-corrected chi connectivity index (χ3v) is 5.20. The third-order valence-electron chi connectivity index (χ3n) is 3.55. The van der Waals surface area contributed by atoms with Gasteiger partial charge in [0.2, 0.25) is 0 Å². The first-order chi connectivity index (χ1) is 12.4. The minimum Gasteiger partial charge on any atom is -0.322 e. The van der Waals surface area contributed by atoms with E-state index in [9.17, 15) is 13.2 Å². The van der Waals surface area contributed by atoms with Crippen LogP contribution >= 0.6 is 11.6 Å². The van der Waals surface area contributed by atoms with Crippen LogP contribution in [-0.2, 0) is 10.0 Å². The van der Waals surface area contributed by atoms with Crippen molar-refractivity contribution >= 4 is 38.9 Å². The lowest BCUT2D eigenvalue weighted by Gasteiger charge is -2.10. The van der Waals surface area contributed by atoms with Gasteiger partial charge in [-0.15, -0.1) is 0 Å². The summed E-state index contributed by atoms with van der Waals surface area (Å²) < 4.78 is 27.2. The highest BCUT2D eigenvalue weighted by Gasteiger charge is 2.14. The molecule has 0 saturated carbocycles. The summed E-state index contributed by atoms with van der Waals surface area (Å²) in [5.41, 5.74) is 1.49. The number of amides is 1. The molecule has 0 bridgehead atoms. The van der Waals surface area contributed by atoms with Crippen molar-refractivity contribution in [2.75, 3.05) is 10.0 Å². The Hall–Kier alpha value is -2.83. The van der Waals surface area contributed by atoms with Crippen LogP contribution in [0.25, 0.3) is 0 Å². The van der Waals surface area contributed by atoms with Gasteiger partial charge in [0.15, 0.2) is 0 Å². The van der Waals surface area contributed by atoms with E-state index in [4.69, 9.17) is 11.6 Å². The predicted molar refractivity (Wildman–Crippen MR) is 103 cm³/mol. The lowest BCUT2D eigenvalue weighted by molar-refractivity contribution is 0.102. The van der Waals surface area contributed by atoms with Crippen LogP contribution in [-0.4, -0.2) is 14.3 Å². The standard InChI is InChI=1S/C19H15ClN2O3S/c20-15-6-12-18(13-7-15)26(24,25)22-17-10-8-16(9-11-17)21-19(23)14-4-2-1-3-5-14/h1-13,22H,(H,21,23). The number of carbonyl (C=O) groups is 1. The summed E-state index contributed by atoms with van der Waals surface area (Å²) in [5.74, 6) is -0.236. The van der Waals surface area contributed by atoms with Crippen LogP contribution in [0.5, 0.6) is 0 Å². The van der Waals surface area contributed by atoms with Crippen molar-refractivity contribution in [2.45, 2.75) is 4.90 Å². The Morgan fingerprint density at radius 3 is 1.96 bits per heavy atom. The maximum Gasteiger partial charge on any atom is 0.261 e. The first-order valence-corrected chi connectivity index (χ1v) is 9.55. The molecule has 0 fully saturated rings. The zero-order valence-corrected chi connectivity index (χ0v) is 15.1. The molecule has 3 rings (SSSR count). The summed E-state index contributed by atoms with van der Waals surface area (Å²) >= 11 is 5.78. The van der Waals surface area contributed by atoms with Crippen LogP contribution in [0.15, 0.2) is 83.8 Å². The molecule has 132 valence electrons. The minimum absolute atomic E-state index is 0.114. The quantitative estimate of drug-likeness (QED) is 0.682. The number of carbonyl (C=O) groups excluding carboxylic acids is 1. The van der Waals surface area contributed by atoms with Crippen molar-refractivity contribution in [3.8, 4) is 0 Å². The molecular weight excluding hydrogens is 372 g/mol. The Bertz CT molecular complexity index is 1000. The average Bonchev–Trinajstić information content (AvgIpc) is 2.64. The maximum absolute atomic E-state index is 12.3. The van der Waals surface area contributed by atoms with Gasteiger partial charge in [0, 0.05) is 22.0 Å². The largest absolute Gasteiger partial charge is 0.322 e. The fourth-order valence-electron chi connectivity index (χ4n) is 2.24. The molecule has 2 N–H and O–H groups in total. The van der Waals surface area contributed by atoms with Gasteiger partial charge in [0.1, 0.15) is 0 Å². The first-order valence-electron chi connectivity index (χ1n) is 7.69. The highest BCUT2D eigenvalue weighted by Crippen LogP contribution is 2.20. The van der Waals surface area contributed by atoms with Crippen molar-refractivity contribution in [3.05, 3.63) is 89.4 Å². The SMILES string of the molecule is O=C(Nc1ccc(NS(=O)(=O)c2ccc(Cl)cc2)cc1)c1ccccc1. The van der Waals surface area contributed by atoms with Gasteiger partial charge in [-0.1, -0.05) is 29.8 Å². The molecule has 0 aliphatic rings. The van der Waals surface area contributed by atoms with Crippen molar-refractivity contribution in [1.29, 1.82) is 0 Å². The topological polar surface area (TPSA) is 75.3 Å². The van der Waals surface area contributed by atoms with Crippen LogP contribution < -0.4 is 10.0 Å². The van der Waals surface area contributed by atoms with E-state index in [0.717, 1.165) is 0 Å². The van der Waals surface area contributed by atoms with E-state index in [-0.39, 0.29) is 10.8 Å². The van der Waals surface area contributed by atoms with Gasteiger partial charge in [-0.2, -0.15) is 0 Å². The molecule has 0 radical (unpaired) electrons. The van der Waals surface area contributed by atoms with Gasteiger partial charge >= 0.3 is 0 Å². The first kappa shape index (κ1) is 18.0. The maximum atomic E-state index is 12.3. The van der Waals surface area contributed by atoms with Crippen LogP contribution in [0.2, 0.25) is 5.02 Å². The van der Waals surface area contributed by atoms with Gasteiger partial charge in [0.05, 0.1) is 4.90 Å². The summed E-state index contributed by atoms with van der Waals surface area (Å²) in [6.07, 6.45) is 0. The van der Waals surface area contributed by atoms with E-state index in [1.165, 1.54) is 24.3 Å². The van der Waals surface area contributed by atoms with Crippen molar-refractivity contribution in [3.63, 3.8) is 0 Å². The predicted octanol–water partition coefficient (Wildman–Crippen LogP) is 4.39. The minimum atomic E-state index is -3.70. The van der Waals surface area contributed by atoms with E-state index >= 15 is 0 Å². The number of rotatable bonds is 5. The second-order valence-electron chi connectivity index (χ2n) is 5.46. The summed E-state index contributed by atoms with van der Waals surface area (Å²) in [6.45, 7) is 0. The number of benzene rings is 3. The highest BCUT2D eigenvalue weighted by atomic mass is 35.5. The molecule has 0 aliphatic heterocycles. The monoisotopic (exact) mass is 386 g/mol. The van der Waals surface area contributed by atoms with Crippen LogP contribution in [0.1, 0.15) is 10.4 Å². The second kappa shape index (κ2) is 7.59. The Labute approximate surface area is 156 Å². The van der Waals surface area contributed by atoms with Crippen LogP contribution in [0.4, 0.5) is 11.4 Å². The lowest BCUT2D eigenvalue weighted by Crippen LogP contribution is -2.13. The Morgan fingerprint density at radius 1 is 0.769 bits per heavy atom. The number of halogens is 1. The molecule has 0 unspecified atom stereocenters. The Balaban J connectivity index is 1.69. The Kier molecular flexibility index (Phi) is 5.25. The van der Waals surface area contributed by atoms with Crippen LogP contribution in [0, 0.1) is 0 Å². The zero-order chi connectivity index (χ0) is 18.6. The van der Waals surface area contributed by atoms with E-state index < -0.39 is 10.0 Å². The number of sulfonamides is 1. The van der Waals surface area contributed by atoms with Gasteiger partial charge in [-0.3, -0.25) is 9.52 Å². The molecular formula is C19H15ClN2O3S. The molecule has 26 heavy (non-hydrogen) atoms. The molecule has 0 aromatic heterocycles. The molecule has 3 aromatic carbocycles. The smallest absolute Gasteiger partial charge is 0.261 e. The normalized spacial score (nSPS) is 11.0. The molecule has 5 nitrogen and oxygen atoms in total. The summed E-state index contributed by atoms with van der Waals surface area (Å²) in [5, 5.41) is 3.22. The molecule has 3 aromatic rings. The number of nitrogens with one attached hydrogen (secondary N) is 2. The highest BCUT2D eigenvalue weighted by molar-refractivity contribution is 7.92. The zero-order valence-electron chi connectivity index (χ0n) is 13.5. The molecule has 0 heterocycles. The molecule has 0 aliphatic carbocycles. The lowest BCUT2D eigenvalue weighted by atomic mass is 10.2. The molecule has 0 atom stereocenters. The van der Waals surface area contributed by atoms with Gasteiger partial charge in [0.25, 0.3) is 15.9 Å². The average molecular weight is 387 g/mol. The fourth-order valence-corrected chi connectivity index (χ4v) is 3.43. The van der Waals surface area contributed by atoms with E-state index in [2.05, 4.69) is 10.0 Å².